The van der Waals surface area contributed by atoms with Crippen LogP contribution in [-0.2, 0) is 6.54 Å². The number of pyridine rings is 1. The summed E-state index contributed by atoms with van der Waals surface area (Å²) < 4.78 is 3.07. The highest BCUT2D eigenvalue weighted by atomic mass is 127. The Kier molecular flexibility index (Phi) is 3.70. The van der Waals surface area contributed by atoms with Crippen LogP contribution >= 0.6 is 38.5 Å². The highest BCUT2D eigenvalue weighted by Crippen LogP contribution is 2.10. The zero-order valence-electron chi connectivity index (χ0n) is 8.10. The first-order valence-electron chi connectivity index (χ1n) is 4.46. The molecule has 4 nitrogen and oxygen atoms in total. The number of rotatable bonds is 2. The van der Waals surface area contributed by atoms with E-state index < -0.39 is 0 Å². The molecule has 0 spiro atoms. The lowest BCUT2D eigenvalue weighted by atomic mass is 10.3. The van der Waals surface area contributed by atoms with Gasteiger partial charge in [-0.05, 0) is 50.2 Å². The topological polar surface area (TPSA) is 47.8 Å². The highest BCUT2D eigenvalue weighted by molar-refractivity contribution is 14.1. The van der Waals surface area contributed by atoms with Crippen LogP contribution in [0.3, 0.4) is 0 Å². The largest absolute Gasteiger partial charge is 0.294 e. The standard InChI is InChI=1S/C10H7BrIN3O/c11-8-1-7(2-13-3-8)5-15-6-14-4-9(12)10(15)16/h1-4,6H,5H2. The van der Waals surface area contributed by atoms with E-state index in [9.17, 15) is 4.79 Å². The Morgan fingerprint density at radius 2 is 2.12 bits per heavy atom. The highest BCUT2D eigenvalue weighted by Gasteiger charge is 2.02. The van der Waals surface area contributed by atoms with E-state index in [0.29, 0.717) is 10.1 Å². The van der Waals surface area contributed by atoms with E-state index in [1.807, 2.05) is 28.7 Å². The molecule has 0 fully saturated rings. The molecule has 2 heterocycles. The SMILES string of the molecule is O=c1c(I)cncn1Cc1cncc(Br)c1. The molecule has 0 aliphatic carbocycles. The fourth-order valence-electron chi connectivity index (χ4n) is 1.28. The zero-order valence-corrected chi connectivity index (χ0v) is 11.8. The quantitative estimate of drug-likeness (QED) is 0.736. The van der Waals surface area contributed by atoms with Crippen LogP contribution in [0.15, 0.2) is 40.3 Å². The van der Waals surface area contributed by atoms with E-state index in [2.05, 4.69) is 25.9 Å². The van der Waals surface area contributed by atoms with Gasteiger partial charge in [-0.25, -0.2) is 4.98 Å². The van der Waals surface area contributed by atoms with Crippen LogP contribution in [0.4, 0.5) is 0 Å². The molecule has 0 bridgehead atoms. The summed E-state index contributed by atoms with van der Waals surface area (Å²) in [5.41, 5.74) is 0.927. The third kappa shape index (κ3) is 2.67. The predicted octanol–water partition coefficient (Wildman–Crippen LogP) is 2.05. The molecule has 0 saturated carbocycles. The summed E-state index contributed by atoms with van der Waals surface area (Å²) in [6.07, 6.45) is 6.53. The van der Waals surface area contributed by atoms with Crippen LogP contribution < -0.4 is 5.56 Å². The summed E-state index contributed by atoms with van der Waals surface area (Å²) >= 11 is 5.32. The maximum Gasteiger partial charge on any atom is 0.267 e. The fourth-order valence-corrected chi connectivity index (χ4v) is 2.16. The lowest BCUT2D eigenvalue weighted by Crippen LogP contribution is -2.22. The van der Waals surface area contributed by atoms with Gasteiger partial charge in [0, 0.05) is 23.1 Å². The number of aromatic nitrogens is 3. The molecule has 0 aromatic carbocycles. The monoisotopic (exact) mass is 391 g/mol. The van der Waals surface area contributed by atoms with E-state index >= 15 is 0 Å². The van der Waals surface area contributed by atoms with Gasteiger partial charge in [-0.15, -0.1) is 0 Å². The summed E-state index contributed by atoms with van der Waals surface area (Å²) in [5.74, 6) is 0. The van der Waals surface area contributed by atoms with Crippen molar-refractivity contribution >= 4 is 38.5 Å². The molecule has 82 valence electrons. The summed E-state index contributed by atoms with van der Waals surface area (Å²) in [7, 11) is 0. The van der Waals surface area contributed by atoms with Crippen molar-refractivity contribution in [1.29, 1.82) is 0 Å². The molecule has 0 amide bonds. The first kappa shape index (κ1) is 11.7. The van der Waals surface area contributed by atoms with Gasteiger partial charge < -0.3 is 0 Å². The Morgan fingerprint density at radius 1 is 1.31 bits per heavy atom. The molecule has 6 heteroatoms. The van der Waals surface area contributed by atoms with Crippen molar-refractivity contribution in [3.8, 4) is 0 Å². The molecule has 0 aliphatic heterocycles. The van der Waals surface area contributed by atoms with Crippen molar-refractivity contribution in [2.45, 2.75) is 6.54 Å². The lowest BCUT2D eigenvalue weighted by molar-refractivity contribution is 0.727. The van der Waals surface area contributed by atoms with Crippen molar-refractivity contribution in [2.24, 2.45) is 0 Å². The average molecular weight is 392 g/mol. The Hall–Kier alpha value is -0.760. The van der Waals surface area contributed by atoms with Gasteiger partial charge >= 0.3 is 0 Å². The summed E-state index contributed by atoms with van der Waals surface area (Å²) in [5, 5.41) is 0. The van der Waals surface area contributed by atoms with E-state index in [0.717, 1.165) is 10.0 Å². The van der Waals surface area contributed by atoms with Crippen LogP contribution in [0.1, 0.15) is 5.56 Å². The second kappa shape index (κ2) is 5.05. The second-order valence-corrected chi connectivity index (χ2v) is 5.26. The molecule has 0 N–H and O–H groups in total. The van der Waals surface area contributed by atoms with Gasteiger partial charge in [-0.1, -0.05) is 0 Å². The van der Waals surface area contributed by atoms with Crippen molar-refractivity contribution in [3.63, 3.8) is 0 Å². The molecule has 2 rings (SSSR count). The van der Waals surface area contributed by atoms with E-state index in [4.69, 9.17) is 0 Å². The smallest absolute Gasteiger partial charge is 0.267 e. The van der Waals surface area contributed by atoms with Gasteiger partial charge in [0.05, 0.1) is 16.4 Å². The molecule has 0 radical (unpaired) electrons. The van der Waals surface area contributed by atoms with Gasteiger partial charge in [-0.2, -0.15) is 0 Å². The van der Waals surface area contributed by atoms with Crippen LogP contribution in [-0.4, -0.2) is 14.5 Å². The fraction of sp³-hybridized carbons (Fsp3) is 0.100. The van der Waals surface area contributed by atoms with Crippen molar-refractivity contribution in [1.82, 2.24) is 14.5 Å². The van der Waals surface area contributed by atoms with E-state index in [-0.39, 0.29) is 5.56 Å². The zero-order chi connectivity index (χ0) is 11.5. The van der Waals surface area contributed by atoms with Gasteiger partial charge in [0.15, 0.2) is 0 Å². The molecule has 0 saturated heterocycles. The van der Waals surface area contributed by atoms with Crippen LogP contribution in [0.2, 0.25) is 0 Å². The minimum absolute atomic E-state index is 0.0319. The van der Waals surface area contributed by atoms with Gasteiger partial charge in [0.1, 0.15) is 0 Å². The molecular formula is C10H7BrIN3O. The Bertz CT molecular complexity index is 570. The van der Waals surface area contributed by atoms with Crippen LogP contribution in [0.5, 0.6) is 0 Å². The van der Waals surface area contributed by atoms with E-state index in [1.54, 1.807) is 23.2 Å². The van der Waals surface area contributed by atoms with Crippen LogP contribution in [0, 0.1) is 3.57 Å². The van der Waals surface area contributed by atoms with Crippen molar-refractivity contribution in [2.75, 3.05) is 0 Å². The maximum atomic E-state index is 11.7. The van der Waals surface area contributed by atoms with Crippen LogP contribution in [0.25, 0.3) is 0 Å². The average Bonchev–Trinajstić information content (AvgIpc) is 2.25. The molecular weight excluding hydrogens is 385 g/mol. The van der Waals surface area contributed by atoms with Crippen molar-refractivity contribution in [3.05, 3.63) is 54.9 Å². The van der Waals surface area contributed by atoms with Gasteiger partial charge in [0.25, 0.3) is 5.56 Å². The molecule has 0 atom stereocenters. The second-order valence-electron chi connectivity index (χ2n) is 3.19. The molecule has 16 heavy (non-hydrogen) atoms. The number of hydrogen-bond acceptors (Lipinski definition) is 3. The number of hydrogen-bond donors (Lipinski definition) is 0. The lowest BCUT2D eigenvalue weighted by Gasteiger charge is -2.05. The predicted molar refractivity (Wildman–Crippen MR) is 72.3 cm³/mol. The summed E-state index contributed by atoms with van der Waals surface area (Å²) in [6, 6.07) is 1.93. The van der Waals surface area contributed by atoms with E-state index in [1.165, 1.54) is 6.33 Å². The Balaban J connectivity index is 2.34. The third-order valence-corrected chi connectivity index (χ3v) is 3.15. The Labute approximate surface area is 114 Å². The molecule has 0 aliphatic rings. The minimum Gasteiger partial charge on any atom is -0.294 e. The molecule has 2 aromatic rings. The first-order chi connectivity index (χ1) is 7.66. The number of nitrogens with zero attached hydrogens (tertiary/aromatic N) is 3. The summed E-state index contributed by atoms with van der Waals surface area (Å²) in [6.45, 7) is 0.481. The maximum absolute atomic E-state index is 11.7. The van der Waals surface area contributed by atoms with Crippen molar-refractivity contribution < 1.29 is 0 Å². The normalized spacial score (nSPS) is 10.4. The first-order valence-corrected chi connectivity index (χ1v) is 6.33. The summed E-state index contributed by atoms with van der Waals surface area (Å²) in [4.78, 5) is 19.8. The third-order valence-electron chi connectivity index (χ3n) is 1.97. The van der Waals surface area contributed by atoms with Gasteiger partial charge in [-0.3, -0.25) is 14.3 Å². The minimum atomic E-state index is -0.0319. The molecule has 2 aromatic heterocycles. The molecule has 0 unspecified atom stereocenters. The Morgan fingerprint density at radius 3 is 2.88 bits per heavy atom. The number of halogens is 2. The van der Waals surface area contributed by atoms with Gasteiger partial charge in [0.2, 0.25) is 0 Å².